The average Bonchev–Trinajstić information content (AvgIpc) is 3.06. The van der Waals surface area contributed by atoms with Gasteiger partial charge in [-0.15, -0.1) is 0 Å². The molecule has 0 saturated carbocycles. The van der Waals surface area contributed by atoms with Gasteiger partial charge in [0.1, 0.15) is 35.9 Å². The Labute approximate surface area is 182 Å². The van der Waals surface area contributed by atoms with E-state index in [0.29, 0.717) is 49.0 Å². The molecule has 1 aromatic heterocycles. The molecular weight excluding hydrogens is 424 g/mol. The first-order valence-corrected chi connectivity index (χ1v) is 10.2. The predicted molar refractivity (Wildman–Crippen MR) is 112 cm³/mol. The predicted octanol–water partition coefficient (Wildman–Crippen LogP) is 1.80. The van der Waals surface area contributed by atoms with Gasteiger partial charge in [-0.05, 0) is 19.1 Å². The number of carbonyl (C=O) groups is 1. The van der Waals surface area contributed by atoms with E-state index in [0.717, 1.165) is 4.90 Å². The second-order valence-electron chi connectivity index (χ2n) is 7.59. The highest BCUT2D eigenvalue weighted by molar-refractivity contribution is 5.96. The number of fused-ring (bicyclic) bond motifs is 3. The van der Waals surface area contributed by atoms with Crippen LogP contribution in [0.3, 0.4) is 0 Å². The summed E-state index contributed by atoms with van der Waals surface area (Å²) in [6.07, 6.45) is -1.34. The Hall–Kier alpha value is -3.43. The fraction of sp³-hybridized carbons (Fsp3) is 0.429. The number of hydrogen-bond donors (Lipinski definition) is 2. The van der Waals surface area contributed by atoms with Crippen molar-refractivity contribution < 1.29 is 27.8 Å². The van der Waals surface area contributed by atoms with Gasteiger partial charge < -0.3 is 25.1 Å². The van der Waals surface area contributed by atoms with Crippen molar-refractivity contribution in [1.29, 1.82) is 0 Å². The van der Waals surface area contributed by atoms with Gasteiger partial charge in [-0.2, -0.15) is 0 Å². The van der Waals surface area contributed by atoms with Gasteiger partial charge in [0.2, 0.25) is 0 Å². The number of anilines is 2. The van der Waals surface area contributed by atoms with E-state index in [1.165, 1.54) is 0 Å². The maximum absolute atomic E-state index is 13.2. The summed E-state index contributed by atoms with van der Waals surface area (Å²) in [5.74, 6) is 2.32. The average molecular weight is 447 g/mol. The number of hydrogen-bond acceptors (Lipinski definition) is 7. The lowest BCUT2D eigenvalue weighted by Gasteiger charge is -2.30. The number of alkyl halides is 2. The summed E-state index contributed by atoms with van der Waals surface area (Å²) < 4.78 is 39.2. The Kier molecular flexibility index (Phi) is 6.11. The Balaban J connectivity index is 1.65. The number of carbonyl (C=O) groups excluding carboxylic acids is 2. The van der Waals surface area contributed by atoms with Crippen molar-refractivity contribution in [2.75, 3.05) is 30.0 Å². The van der Waals surface area contributed by atoms with E-state index in [1.807, 2.05) is 0 Å². The summed E-state index contributed by atoms with van der Waals surface area (Å²) in [5, 5.41) is 3.09. The summed E-state index contributed by atoms with van der Waals surface area (Å²) in [5.41, 5.74) is 6.97. The number of imidazole rings is 1. The molecule has 4 rings (SSSR count). The maximum atomic E-state index is 13.2. The molecule has 1 amide bonds. The SMILES string of the molecule is C[C@H](Nc1ccc2c(c1)OCCn1cc(N(CC(F)F)C(=O)[C@@H]3CCO3)nc1-2)C(N)=C=O. The molecule has 9 nitrogen and oxygen atoms in total. The number of aromatic nitrogens is 2. The van der Waals surface area contributed by atoms with Crippen molar-refractivity contribution in [3.63, 3.8) is 0 Å². The molecule has 1 fully saturated rings. The van der Waals surface area contributed by atoms with Crippen LogP contribution >= 0.6 is 0 Å². The van der Waals surface area contributed by atoms with Crippen molar-refractivity contribution in [2.24, 2.45) is 5.73 Å². The molecule has 11 heteroatoms. The molecule has 1 aromatic carbocycles. The van der Waals surface area contributed by atoms with E-state index in [9.17, 15) is 18.4 Å². The molecule has 2 aromatic rings. The van der Waals surface area contributed by atoms with Crippen molar-refractivity contribution in [1.82, 2.24) is 9.55 Å². The van der Waals surface area contributed by atoms with Crippen LogP contribution in [0, 0.1) is 0 Å². The van der Waals surface area contributed by atoms with E-state index in [4.69, 9.17) is 15.2 Å². The molecule has 170 valence electrons. The van der Waals surface area contributed by atoms with Crippen molar-refractivity contribution in [3.8, 4) is 17.1 Å². The first-order valence-electron chi connectivity index (χ1n) is 10.2. The summed E-state index contributed by atoms with van der Waals surface area (Å²) >= 11 is 0. The zero-order valence-electron chi connectivity index (χ0n) is 17.4. The van der Waals surface area contributed by atoms with Crippen LogP contribution in [0.4, 0.5) is 20.3 Å². The van der Waals surface area contributed by atoms with Gasteiger partial charge in [-0.25, -0.2) is 18.6 Å². The first-order chi connectivity index (χ1) is 15.4. The molecule has 0 aliphatic carbocycles. The Morgan fingerprint density at radius 3 is 2.88 bits per heavy atom. The highest BCUT2D eigenvalue weighted by Gasteiger charge is 2.34. The monoisotopic (exact) mass is 447 g/mol. The van der Waals surface area contributed by atoms with Crippen molar-refractivity contribution >= 4 is 23.4 Å². The number of halogens is 2. The normalized spacial score (nSPS) is 17.7. The number of nitrogens with two attached hydrogens (primary N) is 1. The van der Waals surface area contributed by atoms with Gasteiger partial charge in [0.25, 0.3) is 12.3 Å². The molecule has 1 saturated heterocycles. The lowest BCUT2D eigenvalue weighted by atomic mass is 10.1. The van der Waals surface area contributed by atoms with Crippen LogP contribution < -0.4 is 20.7 Å². The molecule has 0 bridgehead atoms. The third-order valence-electron chi connectivity index (χ3n) is 5.38. The van der Waals surface area contributed by atoms with Crippen molar-refractivity contribution in [2.45, 2.75) is 38.5 Å². The smallest absolute Gasteiger partial charge is 0.257 e. The van der Waals surface area contributed by atoms with Gasteiger partial charge in [-0.1, -0.05) is 0 Å². The van der Waals surface area contributed by atoms with E-state index < -0.39 is 31.0 Å². The number of nitrogens with zero attached hydrogens (tertiary/aromatic N) is 3. The molecule has 0 spiro atoms. The summed E-state index contributed by atoms with van der Waals surface area (Å²) in [6, 6.07) is 4.86. The summed E-state index contributed by atoms with van der Waals surface area (Å²) in [4.78, 5) is 28.9. The van der Waals surface area contributed by atoms with Gasteiger partial charge in [-0.3, -0.25) is 9.69 Å². The first kappa shape index (κ1) is 21.8. The second-order valence-corrected chi connectivity index (χ2v) is 7.59. The highest BCUT2D eigenvalue weighted by Crippen LogP contribution is 2.36. The fourth-order valence-electron chi connectivity index (χ4n) is 3.54. The number of amides is 1. The Bertz CT molecular complexity index is 1060. The third-order valence-corrected chi connectivity index (χ3v) is 5.38. The largest absolute Gasteiger partial charge is 0.491 e. The molecule has 0 radical (unpaired) electrons. The maximum Gasteiger partial charge on any atom is 0.257 e. The fourth-order valence-corrected chi connectivity index (χ4v) is 3.54. The second kappa shape index (κ2) is 8.97. The molecule has 32 heavy (non-hydrogen) atoms. The number of ether oxygens (including phenoxy) is 2. The zero-order chi connectivity index (χ0) is 22.8. The van der Waals surface area contributed by atoms with Crippen LogP contribution in [0.25, 0.3) is 11.4 Å². The van der Waals surface area contributed by atoms with Gasteiger partial charge in [0.05, 0.1) is 31.3 Å². The van der Waals surface area contributed by atoms with Crippen LogP contribution in [-0.4, -0.2) is 59.7 Å². The molecule has 2 aliphatic heterocycles. The summed E-state index contributed by atoms with van der Waals surface area (Å²) in [7, 11) is 0. The number of benzene rings is 1. The van der Waals surface area contributed by atoms with Crippen LogP contribution in [0.1, 0.15) is 13.3 Å². The molecule has 2 aliphatic rings. The molecular formula is C21H23F2N5O4. The van der Waals surface area contributed by atoms with E-state index in [1.54, 1.807) is 41.8 Å². The Morgan fingerprint density at radius 1 is 1.44 bits per heavy atom. The molecule has 3 heterocycles. The number of nitrogens with one attached hydrogen (secondary N) is 1. The standard InChI is InChI=1S/C21H23F2N5O4/c1-12(15(24)11-29)25-13-2-3-14-17(8-13)32-7-5-27-10-19(26-20(14)27)28(9-18(22)23)21(30)16-4-6-31-16/h2-3,8,10,12,16,18,25H,4-7,9,24H2,1H3/t12-,16-/m0/s1. The molecule has 0 unspecified atom stereocenters. The zero-order valence-corrected chi connectivity index (χ0v) is 17.4. The minimum absolute atomic E-state index is 0.0419. The quantitative estimate of drug-likeness (QED) is 0.623. The van der Waals surface area contributed by atoms with Gasteiger partial charge >= 0.3 is 0 Å². The minimum atomic E-state index is -2.71. The van der Waals surface area contributed by atoms with Crippen molar-refractivity contribution in [3.05, 3.63) is 30.1 Å². The molecule has 3 N–H and O–H groups in total. The molecule has 2 atom stereocenters. The summed E-state index contributed by atoms with van der Waals surface area (Å²) in [6.45, 7) is 2.15. The van der Waals surface area contributed by atoms with Gasteiger partial charge in [0, 0.05) is 24.4 Å². The minimum Gasteiger partial charge on any atom is -0.491 e. The Morgan fingerprint density at radius 2 is 2.22 bits per heavy atom. The lowest BCUT2D eigenvalue weighted by molar-refractivity contribution is -0.142. The number of rotatable bonds is 7. The van der Waals surface area contributed by atoms with E-state index in [2.05, 4.69) is 10.3 Å². The van der Waals surface area contributed by atoms with Crippen LogP contribution in [0.15, 0.2) is 30.1 Å². The van der Waals surface area contributed by atoms with Crippen LogP contribution in [0.5, 0.6) is 5.75 Å². The van der Waals surface area contributed by atoms with E-state index in [-0.39, 0.29) is 11.5 Å². The van der Waals surface area contributed by atoms with Crippen LogP contribution in [-0.2, 0) is 20.9 Å². The topological polar surface area (TPSA) is 112 Å². The van der Waals surface area contributed by atoms with Crippen LogP contribution in [0.2, 0.25) is 0 Å². The third kappa shape index (κ3) is 4.30. The highest BCUT2D eigenvalue weighted by atomic mass is 19.3. The lowest BCUT2D eigenvalue weighted by Crippen LogP contribution is -2.47. The van der Waals surface area contributed by atoms with Gasteiger partial charge in [0.15, 0.2) is 5.82 Å². The van der Waals surface area contributed by atoms with E-state index >= 15 is 0 Å².